The molecule has 1 aliphatic heterocycles. The fourth-order valence-corrected chi connectivity index (χ4v) is 3.58. The van der Waals surface area contributed by atoms with Crippen LogP contribution < -0.4 is 10.6 Å². The highest BCUT2D eigenvalue weighted by Crippen LogP contribution is 2.34. The molecule has 3 nitrogen and oxygen atoms in total. The van der Waals surface area contributed by atoms with Crippen molar-refractivity contribution in [2.24, 2.45) is 11.7 Å². The molecule has 3 heteroatoms. The van der Waals surface area contributed by atoms with E-state index in [0.717, 1.165) is 18.9 Å². The molecule has 1 heterocycles. The van der Waals surface area contributed by atoms with Gasteiger partial charge in [0.25, 0.3) is 0 Å². The first-order valence-electron chi connectivity index (χ1n) is 7.39. The molecule has 0 saturated heterocycles. The Balaban J connectivity index is 1.81. The maximum atomic E-state index is 11.7. The van der Waals surface area contributed by atoms with E-state index in [1.54, 1.807) is 0 Å². The summed E-state index contributed by atoms with van der Waals surface area (Å²) in [6.07, 6.45) is 7.40. The van der Waals surface area contributed by atoms with Crippen molar-refractivity contribution in [3.63, 3.8) is 0 Å². The molecule has 1 saturated carbocycles. The molecule has 102 valence electrons. The lowest BCUT2D eigenvalue weighted by Gasteiger charge is -2.31. The molecule has 1 aromatic rings. The average Bonchev–Trinajstić information content (AvgIpc) is 2.79. The van der Waals surface area contributed by atoms with E-state index in [-0.39, 0.29) is 11.9 Å². The van der Waals surface area contributed by atoms with Crippen LogP contribution in [0.3, 0.4) is 0 Å². The molecular formula is C16H22N2O. The van der Waals surface area contributed by atoms with Crippen molar-refractivity contribution in [2.45, 2.75) is 44.6 Å². The highest BCUT2D eigenvalue weighted by atomic mass is 16.1. The number of amides is 1. The zero-order chi connectivity index (χ0) is 13.2. The monoisotopic (exact) mass is 258 g/mol. The normalized spacial score (nSPS) is 23.4. The van der Waals surface area contributed by atoms with E-state index < -0.39 is 0 Å². The minimum Gasteiger partial charge on any atom is -0.368 e. The Labute approximate surface area is 114 Å². The van der Waals surface area contributed by atoms with Gasteiger partial charge in [-0.3, -0.25) is 4.79 Å². The fourth-order valence-electron chi connectivity index (χ4n) is 3.58. The van der Waals surface area contributed by atoms with Crippen molar-refractivity contribution in [2.75, 3.05) is 11.4 Å². The topological polar surface area (TPSA) is 46.3 Å². The van der Waals surface area contributed by atoms with Crippen molar-refractivity contribution in [3.8, 4) is 0 Å². The molecule has 1 aliphatic carbocycles. The molecule has 1 fully saturated rings. The van der Waals surface area contributed by atoms with Gasteiger partial charge in [-0.2, -0.15) is 0 Å². The zero-order valence-corrected chi connectivity index (χ0v) is 11.3. The van der Waals surface area contributed by atoms with Gasteiger partial charge < -0.3 is 10.6 Å². The molecule has 3 rings (SSSR count). The maximum absolute atomic E-state index is 11.7. The van der Waals surface area contributed by atoms with Crippen LogP contribution in [0.1, 0.15) is 37.7 Å². The minimum atomic E-state index is -0.188. The quantitative estimate of drug-likeness (QED) is 0.905. The zero-order valence-electron chi connectivity index (χ0n) is 11.3. The molecule has 0 bridgehead atoms. The summed E-state index contributed by atoms with van der Waals surface area (Å²) in [6, 6.07) is 8.20. The predicted molar refractivity (Wildman–Crippen MR) is 77.0 cm³/mol. The summed E-state index contributed by atoms with van der Waals surface area (Å²) < 4.78 is 0. The van der Waals surface area contributed by atoms with Gasteiger partial charge in [0.15, 0.2) is 0 Å². The summed E-state index contributed by atoms with van der Waals surface area (Å²) in [4.78, 5) is 14.0. The van der Waals surface area contributed by atoms with Gasteiger partial charge in [-0.25, -0.2) is 0 Å². The van der Waals surface area contributed by atoms with Gasteiger partial charge in [0, 0.05) is 18.7 Å². The number of carbonyl (C=O) groups excluding carboxylic acids is 1. The molecule has 2 N–H and O–H groups in total. The number of para-hydroxylation sites is 1. The van der Waals surface area contributed by atoms with E-state index >= 15 is 0 Å². The second-order valence-corrected chi connectivity index (χ2v) is 5.91. The van der Waals surface area contributed by atoms with Crippen LogP contribution in [0.25, 0.3) is 0 Å². The number of nitrogens with zero attached hydrogens (tertiary/aromatic N) is 1. The van der Waals surface area contributed by atoms with Gasteiger partial charge in [-0.05, 0) is 30.4 Å². The Kier molecular flexibility index (Phi) is 3.45. The van der Waals surface area contributed by atoms with Crippen molar-refractivity contribution in [1.29, 1.82) is 0 Å². The summed E-state index contributed by atoms with van der Waals surface area (Å²) in [6.45, 7) is 0.991. The first-order chi connectivity index (χ1) is 9.25. The molecule has 1 amide bonds. The molecule has 0 unspecified atom stereocenters. The van der Waals surface area contributed by atoms with Crippen LogP contribution in [-0.2, 0) is 11.2 Å². The number of fused-ring (bicyclic) bond motifs is 1. The molecule has 0 aromatic heterocycles. The van der Waals surface area contributed by atoms with Crippen LogP contribution in [0, 0.1) is 5.92 Å². The van der Waals surface area contributed by atoms with E-state index in [0.29, 0.717) is 0 Å². The standard InChI is InChI=1S/C16H22N2O/c17-16(19)15-10-13-8-4-5-9-14(13)18(15)11-12-6-2-1-3-7-12/h4-5,8-9,12,15H,1-3,6-7,10-11H2,(H2,17,19)/t15-/m0/s1. The average molecular weight is 258 g/mol. The van der Waals surface area contributed by atoms with E-state index in [1.807, 2.05) is 6.07 Å². The third-order valence-electron chi connectivity index (χ3n) is 4.60. The minimum absolute atomic E-state index is 0.140. The fraction of sp³-hybridized carbons (Fsp3) is 0.562. The van der Waals surface area contributed by atoms with Gasteiger partial charge >= 0.3 is 0 Å². The van der Waals surface area contributed by atoms with Crippen molar-refractivity contribution in [3.05, 3.63) is 29.8 Å². The van der Waals surface area contributed by atoms with Crippen LogP contribution in [0.5, 0.6) is 0 Å². The third-order valence-corrected chi connectivity index (χ3v) is 4.60. The summed E-state index contributed by atoms with van der Waals surface area (Å²) in [5, 5.41) is 0. The van der Waals surface area contributed by atoms with E-state index in [4.69, 9.17) is 5.73 Å². The third kappa shape index (κ3) is 2.46. The van der Waals surface area contributed by atoms with Crippen molar-refractivity contribution in [1.82, 2.24) is 0 Å². The Morgan fingerprint density at radius 3 is 2.68 bits per heavy atom. The Hall–Kier alpha value is -1.51. The Morgan fingerprint density at radius 1 is 1.21 bits per heavy atom. The van der Waals surface area contributed by atoms with Crippen LogP contribution >= 0.6 is 0 Å². The van der Waals surface area contributed by atoms with Crippen LogP contribution in [-0.4, -0.2) is 18.5 Å². The van der Waals surface area contributed by atoms with Crippen LogP contribution in [0.4, 0.5) is 5.69 Å². The largest absolute Gasteiger partial charge is 0.368 e. The molecular weight excluding hydrogens is 236 g/mol. The molecule has 0 spiro atoms. The number of nitrogens with two attached hydrogens (primary N) is 1. The predicted octanol–water partition coefficient (Wildman–Crippen LogP) is 2.48. The lowest BCUT2D eigenvalue weighted by atomic mass is 9.88. The van der Waals surface area contributed by atoms with Gasteiger partial charge in [0.2, 0.25) is 5.91 Å². The molecule has 2 aliphatic rings. The van der Waals surface area contributed by atoms with Crippen molar-refractivity contribution < 1.29 is 4.79 Å². The molecule has 1 aromatic carbocycles. The lowest BCUT2D eigenvalue weighted by Crippen LogP contribution is -2.45. The number of anilines is 1. The van der Waals surface area contributed by atoms with Crippen LogP contribution in [0.2, 0.25) is 0 Å². The molecule has 0 radical (unpaired) electrons. The SMILES string of the molecule is NC(=O)[C@@H]1Cc2ccccc2N1CC1CCCCC1. The van der Waals surface area contributed by atoms with E-state index in [1.165, 1.54) is 43.4 Å². The summed E-state index contributed by atoms with van der Waals surface area (Å²) in [5.74, 6) is 0.536. The second-order valence-electron chi connectivity index (χ2n) is 5.91. The smallest absolute Gasteiger partial charge is 0.240 e. The molecule has 19 heavy (non-hydrogen) atoms. The van der Waals surface area contributed by atoms with E-state index in [9.17, 15) is 4.79 Å². The summed E-state index contributed by atoms with van der Waals surface area (Å²) in [5.41, 5.74) is 8.08. The Morgan fingerprint density at radius 2 is 1.95 bits per heavy atom. The van der Waals surface area contributed by atoms with Gasteiger partial charge in [0.1, 0.15) is 6.04 Å². The maximum Gasteiger partial charge on any atom is 0.240 e. The van der Waals surface area contributed by atoms with Crippen molar-refractivity contribution >= 4 is 11.6 Å². The first kappa shape index (κ1) is 12.5. The van der Waals surface area contributed by atoms with E-state index in [2.05, 4.69) is 23.1 Å². The number of hydrogen-bond donors (Lipinski definition) is 1. The number of rotatable bonds is 3. The highest BCUT2D eigenvalue weighted by Gasteiger charge is 2.34. The van der Waals surface area contributed by atoms with Gasteiger partial charge in [0.05, 0.1) is 0 Å². The van der Waals surface area contributed by atoms with Gasteiger partial charge in [-0.15, -0.1) is 0 Å². The number of hydrogen-bond acceptors (Lipinski definition) is 2. The first-order valence-corrected chi connectivity index (χ1v) is 7.39. The second kappa shape index (κ2) is 5.24. The molecule has 1 atom stereocenters. The number of benzene rings is 1. The van der Waals surface area contributed by atoms with Gasteiger partial charge in [-0.1, -0.05) is 37.5 Å². The lowest BCUT2D eigenvalue weighted by molar-refractivity contribution is -0.119. The Bertz CT molecular complexity index is 466. The van der Waals surface area contributed by atoms with Crippen LogP contribution in [0.15, 0.2) is 24.3 Å². The highest BCUT2D eigenvalue weighted by molar-refractivity contribution is 5.86. The summed E-state index contributed by atoms with van der Waals surface area (Å²) in [7, 11) is 0. The number of primary amides is 1. The summed E-state index contributed by atoms with van der Waals surface area (Å²) >= 11 is 0. The number of carbonyl (C=O) groups is 1.